The molecule has 0 saturated heterocycles. The van der Waals surface area contributed by atoms with Crippen molar-refractivity contribution in [3.63, 3.8) is 0 Å². The summed E-state index contributed by atoms with van der Waals surface area (Å²) in [5, 5.41) is 0. The van der Waals surface area contributed by atoms with Crippen molar-refractivity contribution >= 4 is 10.0 Å². The Morgan fingerprint density at radius 3 is 2.00 bits per heavy atom. The van der Waals surface area contributed by atoms with Crippen LogP contribution in [-0.2, 0) is 22.0 Å². The first-order valence-electron chi connectivity index (χ1n) is 9.46. The van der Waals surface area contributed by atoms with Gasteiger partial charge in [0, 0.05) is 19.6 Å². The molecule has 4 nitrogen and oxygen atoms in total. The summed E-state index contributed by atoms with van der Waals surface area (Å²) in [6, 6.07) is 17.1. The van der Waals surface area contributed by atoms with Crippen LogP contribution >= 0.6 is 0 Å². The van der Waals surface area contributed by atoms with Crippen LogP contribution in [0.4, 0.5) is 0 Å². The Kier molecular flexibility index (Phi) is 7.20. The summed E-state index contributed by atoms with van der Waals surface area (Å²) in [4.78, 5) is 2.35. The molecule has 2 aromatic carbocycles. The van der Waals surface area contributed by atoms with E-state index in [0.29, 0.717) is 24.5 Å². The Labute approximate surface area is 164 Å². The number of sulfonamides is 1. The largest absolute Gasteiger partial charge is 0.308 e. The van der Waals surface area contributed by atoms with E-state index in [4.69, 9.17) is 0 Å². The zero-order valence-electron chi connectivity index (χ0n) is 17.1. The average molecular weight is 389 g/mol. The highest BCUT2D eigenvalue weighted by Gasteiger charge is 2.26. The van der Waals surface area contributed by atoms with E-state index in [9.17, 15) is 8.42 Å². The first-order chi connectivity index (χ1) is 12.7. The smallest absolute Gasteiger partial charge is 0.243 e. The molecule has 0 saturated carbocycles. The molecule has 148 valence electrons. The predicted octanol–water partition coefficient (Wildman–Crippen LogP) is 4.13. The summed E-state index contributed by atoms with van der Waals surface area (Å²) in [7, 11) is 0.349. The summed E-state index contributed by atoms with van der Waals surface area (Å²) in [6.45, 7) is 8.00. The van der Waals surface area contributed by atoms with Gasteiger partial charge in [-0.05, 0) is 49.2 Å². The maximum Gasteiger partial charge on any atom is 0.243 e. The lowest BCUT2D eigenvalue weighted by molar-refractivity contribution is 0.329. The second-order valence-electron chi connectivity index (χ2n) is 7.89. The van der Waals surface area contributed by atoms with E-state index in [1.165, 1.54) is 0 Å². The van der Waals surface area contributed by atoms with Crippen LogP contribution in [0.1, 0.15) is 38.3 Å². The van der Waals surface area contributed by atoms with Crippen molar-refractivity contribution in [1.29, 1.82) is 0 Å². The van der Waals surface area contributed by atoms with Crippen molar-refractivity contribution in [3.8, 4) is 0 Å². The van der Waals surface area contributed by atoms with Gasteiger partial charge in [0.25, 0.3) is 0 Å². The van der Waals surface area contributed by atoms with Gasteiger partial charge in [-0.1, -0.05) is 63.2 Å². The molecule has 0 amide bonds. The van der Waals surface area contributed by atoms with E-state index in [0.717, 1.165) is 17.5 Å². The molecule has 5 heteroatoms. The van der Waals surface area contributed by atoms with E-state index in [2.05, 4.69) is 20.8 Å². The first-order valence-corrected chi connectivity index (χ1v) is 10.9. The van der Waals surface area contributed by atoms with Crippen molar-refractivity contribution in [3.05, 3.63) is 65.7 Å². The van der Waals surface area contributed by atoms with Crippen molar-refractivity contribution in [2.45, 2.75) is 44.0 Å². The van der Waals surface area contributed by atoms with Crippen molar-refractivity contribution < 1.29 is 8.42 Å². The normalized spacial score (nSPS) is 12.7. The highest BCUT2D eigenvalue weighted by atomic mass is 32.2. The molecule has 2 aromatic rings. The van der Waals surface area contributed by atoms with Crippen LogP contribution in [0.3, 0.4) is 0 Å². The Morgan fingerprint density at radius 2 is 1.48 bits per heavy atom. The van der Waals surface area contributed by atoms with Gasteiger partial charge in [-0.2, -0.15) is 4.31 Å². The van der Waals surface area contributed by atoms with E-state index in [1.807, 2.05) is 61.5 Å². The monoisotopic (exact) mass is 388 g/mol. The Morgan fingerprint density at radius 1 is 0.889 bits per heavy atom. The number of rotatable bonds is 9. The topological polar surface area (TPSA) is 40.6 Å². The zero-order chi connectivity index (χ0) is 20.1. The quantitative estimate of drug-likeness (QED) is 0.649. The van der Waals surface area contributed by atoms with Crippen LogP contribution in [0.5, 0.6) is 0 Å². The van der Waals surface area contributed by atoms with Gasteiger partial charge >= 0.3 is 0 Å². The van der Waals surface area contributed by atoms with E-state index in [1.54, 1.807) is 16.4 Å². The Bertz CT molecular complexity index is 813. The molecule has 0 fully saturated rings. The molecule has 0 aliphatic rings. The van der Waals surface area contributed by atoms with E-state index in [-0.39, 0.29) is 5.41 Å². The van der Waals surface area contributed by atoms with Gasteiger partial charge in [0.2, 0.25) is 10.0 Å². The standard InChI is InChI=1S/C22H32N2O2S/c1-6-22(2,3)20-12-14-21(15-13-20)27(25,26)24(17-16-23(4)5)18-19-10-8-7-9-11-19/h7-15H,6,16-18H2,1-5H3. The number of likely N-dealkylation sites (N-methyl/N-ethyl adjacent to an activating group) is 1. The number of hydrogen-bond donors (Lipinski definition) is 0. The van der Waals surface area contributed by atoms with Gasteiger partial charge in [0.05, 0.1) is 4.90 Å². The van der Waals surface area contributed by atoms with Gasteiger partial charge in [-0.3, -0.25) is 0 Å². The van der Waals surface area contributed by atoms with Crippen molar-refractivity contribution in [2.24, 2.45) is 0 Å². The van der Waals surface area contributed by atoms with Gasteiger partial charge in [0.1, 0.15) is 0 Å². The fraction of sp³-hybridized carbons (Fsp3) is 0.455. The lowest BCUT2D eigenvalue weighted by Gasteiger charge is -2.26. The SMILES string of the molecule is CCC(C)(C)c1ccc(S(=O)(=O)N(CCN(C)C)Cc2ccccc2)cc1. The summed E-state index contributed by atoms with van der Waals surface area (Å²) >= 11 is 0. The Hall–Kier alpha value is -1.69. The average Bonchev–Trinajstić information content (AvgIpc) is 2.65. The second kappa shape index (κ2) is 9.00. The zero-order valence-corrected chi connectivity index (χ0v) is 18.0. The number of hydrogen-bond acceptors (Lipinski definition) is 3. The molecule has 0 N–H and O–H groups in total. The molecular formula is C22H32N2O2S. The molecule has 0 aromatic heterocycles. The molecule has 2 rings (SSSR count). The first kappa shape index (κ1) is 21.6. The van der Waals surface area contributed by atoms with Crippen LogP contribution in [0.15, 0.2) is 59.5 Å². The van der Waals surface area contributed by atoms with Gasteiger partial charge in [-0.25, -0.2) is 8.42 Å². The molecule has 0 aliphatic heterocycles. The summed E-state index contributed by atoms with van der Waals surface area (Å²) in [5.41, 5.74) is 2.19. The van der Waals surface area contributed by atoms with Crippen LogP contribution in [0, 0.1) is 0 Å². The van der Waals surface area contributed by atoms with Gasteiger partial charge in [-0.15, -0.1) is 0 Å². The maximum atomic E-state index is 13.3. The molecule has 0 atom stereocenters. The van der Waals surface area contributed by atoms with Crippen molar-refractivity contribution in [2.75, 3.05) is 27.2 Å². The van der Waals surface area contributed by atoms with Crippen LogP contribution in [0.2, 0.25) is 0 Å². The third-order valence-electron chi connectivity index (χ3n) is 5.16. The minimum Gasteiger partial charge on any atom is -0.308 e. The van der Waals surface area contributed by atoms with Crippen LogP contribution < -0.4 is 0 Å². The molecule has 0 unspecified atom stereocenters. The minimum absolute atomic E-state index is 0.0386. The third kappa shape index (κ3) is 5.64. The molecular weight excluding hydrogens is 356 g/mol. The van der Waals surface area contributed by atoms with E-state index < -0.39 is 10.0 Å². The molecule has 0 heterocycles. The summed E-state index contributed by atoms with van der Waals surface area (Å²) in [5.74, 6) is 0. The van der Waals surface area contributed by atoms with Crippen LogP contribution in [-0.4, -0.2) is 44.8 Å². The predicted molar refractivity (Wildman–Crippen MR) is 112 cm³/mol. The molecule has 0 bridgehead atoms. The lowest BCUT2D eigenvalue weighted by Crippen LogP contribution is -2.36. The van der Waals surface area contributed by atoms with E-state index >= 15 is 0 Å². The fourth-order valence-electron chi connectivity index (χ4n) is 2.81. The third-order valence-corrected chi connectivity index (χ3v) is 7.02. The lowest BCUT2D eigenvalue weighted by atomic mass is 9.82. The second-order valence-corrected chi connectivity index (χ2v) is 9.83. The number of nitrogens with zero attached hydrogens (tertiary/aromatic N) is 2. The summed E-state index contributed by atoms with van der Waals surface area (Å²) in [6.07, 6.45) is 1.00. The number of benzene rings is 2. The highest BCUT2D eigenvalue weighted by molar-refractivity contribution is 7.89. The van der Waals surface area contributed by atoms with Gasteiger partial charge in [0.15, 0.2) is 0 Å². The Balaban J connectivity index is 2.31. The molecule has 0 spiro atoms. The molecule has 0 radical (unpaired) electrons. The van der Waals surface area contributed by atoms with Gasteiger partial charge < -0.3 is 4.90 Å². The fourth-order valence-corrected chi connectivity index (χ4v) is 4.23. The minimum atomic E-state index is -3.56. The summed E-state index contributed by atoms with van der Waals surface area (Å²) < 4.78 is 28.1. The van der Waals surface area contributed by atoms with Crippen LogP contribution in [0.25, 0.3) is 0 Å². The van der Waals surface area contributed by atoms with Crippen molar-refractivity contribution in [1.82, 2.24) is 9.21 Å². The maximum absolute atomic E-state index is 13.3. The highest BCUT2D eigenvalue weighted by Crippen LogP contribution is 2.28. The molecule has 27 heavy (non-hydrogen) atoms. The molecule has 0 aliphatic carbocycles.